The Hall–Kier alpha value is -1.67. The fraction of sp³-hybridized carbons (Fsp3) is 0.214. The number of carbonyl (C=O) groups excluding carboxylic acids is 1. The number of ketones is 1. The minimum absolute atomic E-state index is 0.0132. The predicted molar refractivity (Wildman–Crippen MR) is 64.6 cm³/mol. The molecule has 0 bridgehead atoms. The van der Waals surface area contributed by atoms with Crippen molar-refractivity contribution in [2.24, 2.45) is 0 Å². The average Bonchev–Trinajstić information content (AvgIpc) is 2.27. The molecule has 16 heavy (non-hydrogen) atoms. The standard InChI is InChI=1S/C14H14O2/c1-10(15)8-14(16)13-7-6-11-4-2-3-5-12(11)9-13/h2-7,9-10,15H,8H2,1H3. The highest BCUT2D eigenvalue weighted by Crippen LogP contribution is 2.17. The number of aliphatic hydroxyl groups is 1. The number of hydrogen-bond acceptors (Lipinski definition) is 2. The molecule has 0 saturated carbocycles. The molecule has 0 aliphatic rings. The smallest absolute Gasteiger partial charge is 0.165 e. The first kappa shape index (κ1) is 10.8. The number of carbonyl (C=O) groups is 1. The number of aliphatic hydroxyl groups excluding tert-OH is 1. The molecule has 2 heteroatoms. The van der Waals surface area contributed by atoms with Crippen molar-refractivity contribution in [2.45, 2.75) is 19.4 Å². The van der Waals surface area contributed by atoms with Crippen LogP contribution in [-0.2, 0) is 0 Å². The van der Waals surface area contributed by atoms with E-state index in [4.69, 9.17) is 0 Å². The van der Waals surface area contributed by atoms with Crippen LogP contribution >= 0.6 is 0 Å². The van der Waals surface area contributed by atoms with Gasteiger partial charge in [-0.1, -0.05) is 36.4 Å². The van der Waals surface area contributed by atoms with Gasteiger partial charge in [-0.15, -0.1) is 0 Å². The molecule has 1 atom stereocenters. The molecule has 2 nitrogen and oxygen atoms in total. The monoisotopic (exact) mass is 214 g/mol. The van der Waals surface area contributed by atoms with E-state index in [0.717, 1.165) is 10.8 Å². The van der Waals surface area contributed by atoms with Gasteiger partial charge in [0.25, 0.3) is 0 Å². The molecule has 1 N–H and O–H groups in total. The third-order valence-electron chi connectivity index (χ3n) is 2.55. The van der Waals surface area contributed by atoms with Crippen LogP contribution < -0.4 is 0 Å². The zero-order valence-electron chi connectivity index (χ0n) is 9.18. The fourth-order valence-electron chi connectivity index (χ4n) is 1.75. The van der Waals surface area contributed by atoms with E-state index >= 15 is 0 Å². The first-order valence-electron chi connectivity index (χ1n) is 5.37. The zero-order valence-corrected chi connectivity index (χ0v) is 9.18. The van der Waals surface area contributed by atoms with Gasteiger partial charge in [-0.2, -0.15) is 0 Å². The lowest BCUT2D eigenvalue weighted by Crippen LogP contribution is -2.09. The number of hydrogen-bond donors (Lipinski definition) is 1. The second kappa shape index (κ2) is 4.45. The van der Waals surface area contributed by atoms with Crippen LogP contribution in [0.3, 0.4) is 0 Å². The Morgan fingerprint density at radius 3 is 2.56 bits per heavy atom. The van der Waals surface area contributed by atoms with E-state index in [2.05, 4.69) is 0 Å². The summed E-state index contributed by atoms with van der Waals surface area (Å²) in [5.74, 6) is -0.0132. The molecule has 0 amide bonds. The third kappa shape index (κ3) is 2.28. The van der Waals surface area contributed by atoms with Crippen LogP contribution in [-0.4, -0.2) is 17.0 Å². The lowest BCUT2D eigenvalue weighted by molar-refractivity contribution is 0.0901. The molecule has 0 radical (unpaired) electrons. The summed E-state index contributed by atoms with van der Waals surface area (Å²) in [6.07, 6.45) is -0.405. The van der Waals surface area contributed by atoms with Crippen molar-refractivity contribution in [3.8, 4) is 0 Å². The largest absolute Gasteiger partial charge is 0.393 e. The summed E-state index contributed by atoms with van der Waals surface area (Å²) in [6, 6.07) is 13.5. The molecule has 82 valence electrons. The van der Waals surface area contributed by atoms with E-state index in [1.54, 1.807) is 6.92 Å². The fourth-order valence-corrected chi connectivity index (χ4v) is 1.75. The van der Waals surface area contributed by atoms with Gasteiger partial charge in [0.05, 0.1) is 6.10 Å². The third-order valence-corrected chi connectivity index (χ3v) is 2.55. The lowest BCUT2D eigenvalue weighted by atomic mass is 10.0. The van der Waals surface area contributed by atoms with E-state index in [1.165, 1.54) is 0 Å². The van der Waals surface area contributed by atoms with Crippen LogP contribution in [0.25, 0.3) is 10.8 Å². The van der Waals surface area contributed by atoms with Gasteiger partial charge in [-0.25, -0.2) is 0 Å². The summed E-state index contributed by atoms with van der Waals surface area (Å²) < 4.78 is 0. The number of Topliss-reactive ketones (excluding diaryl/α,β-unsaturated/α-hetero) is 1. The van der Waals surface area contributed by atoms with E-state index in [-0.39, 0.29) is 12.2 Å². The van der Waals surface area contributed by atoms with E-state index in [1.807, 2.05) is 42.5 Å². The van der Waals surface area contributed by atoms with Crippen molar-refractivity contribution in [3.05, 3.63) is 48.0 Å². The number of rotatable bonds is 3. The molecule has 0 fully saturated rings. The van der Waals surface area contributed by atoms with Gasteiger partial charge in [-0.05, 0) is 23.8 Å². The molecule has 0 aliphatic carbocycles. The van der Waals surface area contributed by atoms with Crippen molar-refractivity contribution in [1.82, 2.24) is 0 Å². The molecule has 1 unspecified atom stereocenters. The molecule has 2 rings (SSSR count). The Morgan fingerprint density at radius 1 is 1.19 bits per heavy atom. The molecular formula is C14H14O2. The summed E-state index contributed by atoms with van der Waals surface area (Å²) in [6.45, 7) is 1.62. The molecule has 0 saturated heterocycles. The van der Waals surface area contributed by atoms with Gasteiger partial charge in [0.1, 0.15) is 0 Å². The highest BCUT2D eigenvalue weighted by atomic mass is 16.3. The van der Waals surface area contributed by atoms with Crippen molar-refractivity contribution in [1.29, 1.82) is 0 Å². The number of fused-ring (bicyclic) bond motifs is 1. The van der Waals surface area contributed by atoms with E-state index in [0.29, 0.717) is 5.56 Å². The highest BCUT2D eigenvalue weighted by Gasteiger charge is 2.09. The first-order valence-corrected chi connectivity index (χ1v) is 5.37. The van der Waals surface area contributed by atoms with E-state index < -0.39 is 6.10 Å². The lowest BCUT2D eigenvalue weighted by Gasteiger charge is -2.04. The molecule has 0 spiro atoms. The van der Waals surface area contributed by atoms with Crippen LogP contribution in [0.1, 0.15) is 23.7 Å². The Morgan fingerprint density at radius 2 is 1.88 bits per heavy atom. The Bertz CT molecular complexity index is 515. The quantitative estimate of drug-likeness (QED) is 0.798. The minimum atomic E-state index is -0.584. The van der Waals surface area contributed by atoms with Gasteiger partial charge < -0.3 is 5.11 Å². The van der Waals surface area contributed by atoms with Crippen molar-refractivity contribution >= 4 is 16.6 Å². The maximum absolute atomic E-state index is 11.7. The van der Waals surface area contributed by atoms with Crippen LogP contribution in [0.2, 0.25) is 0 Å². The van der Waals surface area contributed by atoms with Gasteiger partial charge in [-0.3, -0.25) is 4.79 Å². The van der Waals surface area contributed by atoms with Gasteiger partial charge >= 0.3 is 0 Å². The van der Waals surface area contributed by atoms with Gasteiger partial charge in [0.15, 0.2) is 5.78 Å². The first-order chi connectivity index (χ1) is 7.66. The van der Waals surface area contributed by atoms with Crippen LogP contribution in [0, 0.1) is 0 Å². The molecular weight excluding hydrogens is 200 g/mol. The summed E-state index contributed by atoms with van der Waals surface area (Å²) in [7, 11) is 0. The molecule has 0 aromatic heterocycles. The predicted octanol–water partition coefficient (Wildman–Crippen LogP) is 2.79. The number of benzene rings is 2. The molecule has 0 aliphatic heterocycles. The van der Waals surface area contributed by atoms with Gasteiger partial charge in [0, 0.05) is 12.0 Å². The summed E-state index contributed by atoms with van der Waals surface area (Å²) in [5, 5.41) is 11.4. The summed E-state index contributed by atoms with van der Waals surface area (Å²) in [4.78, 5) is 11.7. The van der Waals surface area contributed by atoms with Crippen molar-refractivity contribution in [3.63, 3.8) is 0 Å². The Balaban J connectivity index is 2.35. The summed E-state index contributed by atoms with van der Waals surface area (Å²) in [5.41, 5.74) is 0.666. The Kier molecular flexibility index (Phi) is 3.02. The molecule has 0 heterocycles. The average molecular weight is 214 g/mol. The topological polar surface area (TPSA) is 37.3 Å². The minimum Gasteiger partial charge on any atom is -0.393 e. The second-order valence-corrected chi connectivity index (χ2v) is 4.04. The van der Waals surface area contributed by atoms with Crippen LogP contribution in [0.4, 0.5) is 0 Å². The summed E-state index contributed by atoms with van der Waals surface area (Å²) >= 11 is 0. The van der Waals surface area contributed by atoms with Gasteiger partial charge in [0.2, 0.25) is 0 Å². The SMILES string of the molecule is CC(O)CC(=O)c1ccc2ccccc2c1. The highest BCUT2D eigenvalue weighted by molar-refractivity contribution is 6.00. The van der Waals surface area contributed by atoms with Crippen LogP contribution in [0.5, 0.6) is 0 Å². The Labute approximate surface area is 94.5 Å². The van der Waals surface area contributed by atoms with Crippen LogP contribution in [0.15, 0.2) is 42.5 Å². The van der Waals surface area contributed by atoms with E-state index in [9.17, 15) is 9.90 Å². The van der Waals surface area contributed by atoms with Crippen molar-refractivity contribution < 1.29 is 9.90 Å². The molecule has 2 aromatic rings. The second-order valence-electron chi connectivity index (χ2n) is 4.04. The molecule has 2 aromatic carbocycles. The maximum Gasteiger partial charge on any atom is 0.165 e. The van der Waals surface area contributed by atoms with Crippen molar-refractivity contribution in [2.75, 3.05) is 0 Å². The normalized spacial score (nSPS) is 12.6. The maximum atomic E-state index is 11.7. The zero-order chi connectivity index (χ0) is 11.5.